The second kappa shape index (κ2) is 4.28. The van der Waals surface area contributed by atoms with Crippen molar-refractivity contribution >= 4 is 41.1 Å². The van der Waals surface area contributed by atoms with E-state index in [4.69, 9.17) is 27.9 Å². The maximum Gasteiger partial charge on any atom is 0.363 e. The number of ether oxygens (including phenoxy) is 1. The van der Waals surface area contributed by atoms with Crippen molar-refractivity contribution in [2.75, 3.05) is 0 Å². The lowest BCUT2D eigenvalue weighted by Gasteiger charge is -1.98. The summed E-state index contributed by atoms with van der Waals surface area (Å²) >= 11 is 11.7. The van der Waals surface area contributed by atoms with E-state index in [0.29, 0.717) is 21.5 Å². The number of carbonyl (C=O) groups excluding carboxylic acids is 1. The standard InChI is InChI=1S/C11H7Cl2NO2/c1-6-14-10(11(15)16-6)4-7-2-3-8(12)5-9(7)13/h2-5H,1H3/b10-4-. The Labute approximate surface area is 102 Å². The van der Waals surface area contributed by atoms with E-state index in [1.807, 2.05) is 0 Å². The van der Waals surface area contributed by atoms with E-state index in [1.165, 1.54) is 0 Å². The van der Waals surface area contributed by atoms with Gasteiger partial charge in [0, 0.05) is 17.0 Å². The smallest absolute Gasteiger partial charge is 0.363 e. The molecule has 0 aromatic heterocycles. The van der Waals surface area contributed by atoms with Crippen LogP contribution >= 0.6 is 23.2 Å². The minimum Gasteiger partial charge on any atom is -0.407 e. The Hall–Kier alpha value is -1.32. The van der Waals surface area contributed by atoms with Gasteiger partial charge in [0.25, 0.3) is 0 Å². The Kier molecular flexibility index (Phi) is 2.99. The average molecular weight is 256 g/mol. The SMILES string of the molecule is CC1=N/C(=C\c2ccc(Cl)cc2Cl)C(=O)O1. The van der Waals surface area contributed by atoms with E-state index in [1.54, 1.807) is 31.2 Å². The van der Waals surface area contributed by atoms with E-state index in [-0.39, 0.29) is 5.70 Å². The van der Waals surface area contributed by atoms with E-state index in [0.717, 1.165) is 0 Å². The number of benzene rings is 1. The molecule has 1 aliphatic heterocycles. The van der Waals surface area contributed by atoms with Gasteiger partial charge in [-0.05, 0) is 23.8 Å². The number of nitrogens with zero attached hydrogens (tertiary/aromatic N) is 1. The first-order chi connectivity index (χ1) is 7.56. The van der Waals surface area contributed by atoms with Crippen LogP contribution in [0.3, 0.4) is 0 Å². The quantitative estimate of drug-likeness (QED) is 0.571. The zero-order valence-electron chi connectivity index (χ0n) is 8.33. The van der Waals surface area contributed by atoms with Crippen LogP contribution in [0.4, 0.5) is 0 Å². The lowest BCUT2D eigenvalue weighted by atomic mass is 10.2. The number of carbonyl (C=O) groups is 1. The first kappa shape index (κ1) is 11.2. The van der Waals surface area contributed by atoms with Crippen LogP contribution in [-0.2, 0) is 9.53 Å². The summed E-state index contributed by atoms with van der Waals surface area (Å²) in [5.74, 6) is -0.134. The van der Waals surface area contributed by atoms with Gasteiger partial charge in [-0.1, -0.05) is 29.3 Å². The van der Waals surface area contributed by atoms with Gasteiger partial charge in [-0.3, -0.25) is 0 Å². The average Bonchev–Trinajstić information content (AvgIpc) is 2.50. The summed E-state index contributed by atoms with van der Waals surface area (Å²) in [6.07, 6.45) is 1.57. The summed E-state index contributed by atoms with van der Waals surface area (Å²) in [7, 11) is 0. The van der Waals surface area contributed by atoms with E-state index >= 15 is 0 Å². The Balaban J connectivity index is 2.40. The normalized spacial score (nSPS) is 17.6. The van der Waals surface area contributed by atoms with Crippen LogP contribution in [-0.4, -0.2) is 11.9 Å². The maximum atomic E-state index is 11.3. The molecule has 1 aromatic rings. The van der Waals surface area contributed by atoms with Crippen molar-refractivity contribution in [1.29, 1.82) is 0 Å². The summed E-state index contributed by atoms with van der Waals surface area (Å²) < 4.78 is 4.78. The number of halogens is 2. The molecular formula is C11H7Cl2NO2. The zero-order chi connectivity index (χ0) is 11.7. The van der Waals surface area contributed by atoms with Gasteiger partial charge in [-0.2, -0.15) is 0 Å². The molecule has 0 radical (unpaired) electrons. The summed E-state index contributed by atoms with van der Waals surface area (Å²) in [5, 5.41) is 1.01. The molecule has 1 heterocycles. The largest absolute Gasteiger partial charge is 0.407 e. The van der Waals surface area contributed by atoms with E-state index in [9.17, 15) is 4.79 Å². The van der Waals surface area contributed by atoms with Crippen molar-refractivity contribution in [2.45, 2.75) is 6.92 Å². The van der Waals surface area contributed by atoms with Crippen LogP contribution in [0.25, 0.3) is 6.08 Å². The minimum absolute atomic E-state index is 0.238. The molecule has 0 spiro atoms. The van der Waals surface area contributed by atoms with Crippen LogP contribution < -0.4 is 0 Å². The monoisotopic (exact) mass is 255 g/mol. The second-order valence-corrected chi connectivity index (χ2v) is 4.06. The van der Waals surface area contributed by atoms with Gasteiger partial charge >= 0.3 is 5.97 Å². The molecule has 0 atom stereocenters. The van der Waals surface area contributed by atoms with Crippen LogP contribution in [0.5, 0.6) is 0 Å². The van der Waals surface area contributed by atoms with Gasteiger partial charge in [0.05, 0.1) is 0 Å². The number of cyclic esters (lactones) is 1. The fraction of sp³-hybridized carbons (Fsp3) is 0.0909. The maximum absolute atomic E-state index is 11.3. The fourth-order valence-corrected chi connectivity index (χ4v) is 1.74. The summed E-state index contributed by atoms with van der Waals surface area (Å²) in [4.78, 5) is 15.2. The van der Waals surface area contributed by atoms with Gasteiger partial charge in [0.1, 0.15) is 0 Å². The van der Waals surface area contributed by atoms with Gasteiger partial charge < -0.3 is 4.74 Å². The van der Waals surface area contributed by atoms with E-state index in [2.05, 4.69) is 4.99 Å². The molecule has 0 aliphatic carbocycles. The van der Waals surface area contributed by atoms with Crippen LogP contribution in [0.2, 0.25) is 10.0 Å². The summed E-state index contributed by atoms with van der Waals surface area (Å²) in [5.41, 5.74) is 0.915. The molecule has 0 bridgehead atoms. The highest BCUT2D eigenvalue weighted by Crippen LogP contribution is 2.24. The van der Waals surface area contributed by atoms with Crippen molar-refractivity contribution in [2.24, 2.45) is 4.99 Å². The number of rotatable bonds is 1. The molecule has 82 valence electrons. The Morgan fingerprint density at radius 3 is 2.69 bits per heavy atom. The molecule has 0 fully saturated rings. The van der Waals surface area contributed by atoms with Crippen molar-refractivity contribution < 1.29 is 9.53 Å². The lowest BCUT2D eigenvalue weighted by Crippen LogP contribution is -1.99. The predicted octanol–water partition coefficient (Wildman–Crippen LogP) is 3.31. The molecule has 0 unspecified atom stereocenters. The molecule has 5 heteroatoms. The van der Waals surface area contributed by atoms with Crippen molar-refractivity contribution in [1.82, 2.24) is 0 Å². The molecule has 2 rings (SSSR count). The van der Waals surface area contributed by atoms with Crippen molar-refractivity contribution in [3.63, 3.8) is 0 Å². The number of hydrogen-bond donors (Lipinski definition) is 0. The van der Waals surface area contributed by atoms with Gasteiger partial charge in [-0.25, -0.2) is 9.79 Å². The van der Waals surface area contributed by atoms with Crippen LogP contribution in [0, 0.1) is 0 Å². The molecule has 0 saturated heterocycles. The molecule has 1 aromatic carbocycles. The van der Waals surface area contributed by atoms with Gasteiger partial charge in [0.15, 0.2) is 11.6 Å². The molecule has 0 N–H and O–H groups in total. The first-order valence-corrected chi connectivity index (χ1v) is 5.26. The molecule has 16 heavy (non-hydrogen) atoms. The van der Waals surface area contributed by atoms with Gasteiger partial charge in [0.2, 0.25) is 0 Å². The summed E-state index contributed by atoms with van der Waals surface area (Å²) in [6, 6.07) is 5.01. The fourth-order valence-electron chi connectivity index (χ4n) is 1.28. The highest BCUT2D eigenvalue weighted by Gasteiger charge is 2.19. The Bertz CT molecular complexity index is 521. The third-order valence-corrected chi connectivity index (χ3v) is 2.54. The second-order valence-electron chi connectivity index (χ2n) is 3.22. The van der Waals surface area contributed by atoms with Crippen LogP contribution in [0.1, 0.15) is 12.5 Å². The van der Waals surface area contributed by atoms with Crippen molar-refractivity contribution in [3.8, 4) is 0 Å². The zero-order valence-corrected chi connectivity index (χ0v) is 9.84. The minimum atomic E-state index is -0.469. The highest BCUT2D eigenvalue weighted by molar-refractivity contribution is 6.35. The first-order valence-electron chi connectivity index (χ1n) is 4.50. The third kappa shape index (κ3) is 2.26. The molecule has 0 saturated carbocycles. The highest BCUT2D eigenvalue weighted by atomic mass is 35.5. The van der Waals surface area contributed by atoms with Crippen molar-refractivity contribution in [3.05, 3.63) is 39.5 Å². The topological polar surface area (TPSA) is 38.7 Å². The van der Waals surface area contributed by atoms with Gasteiger partial charge in [-0.15, -0.1) is 0 Å². The molecular weight excluding hydrogens is 249 g/mol. The Morgan fingerprint density at radius 2 is 2.12 bits per heavy atom. The molecule has 1 aliphatic rings. The lowest BCUT2D eigenvalue weighted by molar-refractivity contribution is -0.130. The predicted molar refractivity (Wildman–Crippen MR) is 63.6 cm³/mol. The summed E-state index contributed by atoms with van der Waals surface area (Å²) in [6.45, 7) is 1.61. The number of hydrogen-bond acceptors (Lipinski definition) is 3. The number of esters is 1. The molecule has 0 amide bonds. The Morgan fingerprint density at radius 1 is 1.38 bits per heavy atom. The third-order valence-electron chi connectivity index (χ3n) is 1.98. The van der Waals surface area contributed by atoms with Crippen LogP contribution in [0.15, 0.2) is 28.9 Å². The van der Waals surface area contributed by atoms with E-state index < -0.39 is 5.97 Å². The number of aliphatic imine (C=N–C) groups is 1. The molecule has 3 nitrogen and oxygen atoms in total.